The number of hydrogen-bond acceptors (Lipinski definition) is 3. The lowest BCUT2D eigenvalue weighted by atomic mass is 10.2. The first kappa shape index (κ1) is 13.1. The molecule has 0 bridgehead atoms. The zero-order chi connectivity index (χ0) is 15.0. The molecule has 1 heterocycles. The van der Waals surface area contributed by atoms with E-state index in [1.54, 1.807) is 13.2 Å². The maximum Gasteiger partial charge on any atom is 0.338 e. The van der Waals surface area contributed by atoms with Crippen LogP contribution in [-0.2, 0) is 0 Å². The van der Waals surface area contributed by atoms with Gasteiger partial charge in [-0.2, -0.15) is 0 Å². The highest BCUT2D eigenvalue weighted by Crippen LogP contribution is 2.29. The van der Waals surface area contributed by atoms with Crippen molar-refractivity contribution in [1.29, 1.82) is 0 Å². The molecular formula is C15H11FN2O3. The third-order valence-corrected chi connectivity index (χ3v) is 3.16. The number of methoxy groups -OCH3 is 1. The molecule has 2 N–H and O–H groups in total. The minimum Gasteiger partial charge on any atom is -0.496 e. The summed E-state index contributed by atoms with van der Waals surface area (Å²) < 4.78 is 18.9. The van der Waals surface area contributed by atoms with Gasteiger partial charge in [-0.15, -0.1) is 0 Å². The van der Waals surface area contributed by atoms with Gasteiger partial charge in [0.05, 0.1) is 29.3 Å². The van der Waals surface area contributed by atoms with E-state index in [1.165, 1.54) is 6.07 Å². The summed E-state index contributed by atoms with van der Waals surface area (Å²) in [6, 6.07) is 9.59. The van der Waals surface area contributed by atoms with Crippen LogP contribution in [0.2, 0.25) is 0 Å². The van der Waals surface area contributed by atoms with Gasteiger partial charge >= 0.3 is 5.97 Å². The Morgan fingerprint density at radius 3 is 2.81 bits per heavy atom. The van der Waals surface area contributed by atoms with Gasteiger partial charge in [0.2, 0.25) is 0 Å². The van der Waals surface area contributed by atoms with Gasteiger partial charge in [0.15, 0.2) is 0 Å². The molecule has 0 aliphatic carbocycles. The van der Waals surface area contributed by atoms with Gasteiger partial charge in [0.1, 0.15) is 17.4 Å². The second kappa shape index (κ2) is 4.90. The molecule has 3 rings (SSSR count). The topological polar surface area (TPSA) is 75.2 Å². The lowest BCUT2D eigenvalue weighted by Crippen LogP contribution is -1.99. The van der Waals surface area contributed by atoms with Crippen molar-refractivity contribution in [1.82, 2.24) is 9.97 Å². The summed E-state index contributed by atoms with van der Waals surface area (Å²) in [6.45, 7) is 0. The summed E-state index contributed by atoms with van der Waals surface area (Å²) in [5, 5.41) is 8.93. The Hall–Kier alpha value is -2.89. The van der Waals surface area contributed by atoms with Crippen LogP contribution in [0, 0.1) is 5.82 Å². The number of H-pyrrole nitrogens is 1. The molecule has 0 spiro atoms. The summed E-state index contributed by atoms with van der Waals surface area (Å²) in [4.78, 5) is 18.2. The number of fused-ring (bicyclic) bond motifs is 1. The maximum absolute atomic E-state index is 13.7. The number of nitrogens with one attached hydrogen (secondary N) is 1. The van der Waals surface area contributed by atoms with Crippen LogP contribution < -0.4 is 4.74 Å². The Bertz CT molecular complexity index is 842. The third-order valence-electron chi connectivity index (χ3n) is 3.16. The molecule has 0 aliphatic rings. The molecule has 2 aromatic carbocycles. The van der Waals surface area contributed by atoms with Crippen molar-refractivity contribution in [2.75, 3.05) is 7.11 Å². The number of nitrogens with zero attached hydrogens (tertiary/aromatic N) is 1. The molecule has 0 amide bonds. The van der Waals surface area contributed by atoms with E-state index in [9.17, 15) is 9.18 Å². The van der Waals surface area contributed by atoms with E-state index in [0.29, 0.717) is 28.2 Å². The largest absolute Gasteiger partial charge is 0.496 e. The van der Waals surface area contributed by atoms with Crippen LogP contribution in [0.1, 0.15) is 10.4 Å². The smallest absolute Gasteiger partial charge is 0.338 e. The number of imidazole rings is 1. The van der Waals surface area contributed by atoms with E-state index in [0.717, 1.165) is 6.07 Å². The molecule has 1 aromatic heterocycles. The van der Waals surface area contributed by atoms with Crippen molar-refractivity contribution in [3.63, 3.8) is 0 Å². The van der Waals surface area contributed by atoms with E-state index in [-0.39, 0.29) is 0 Å². The number of aromatic amines is 1. The molecule has 0 aliphatic heterocycles. The van der Waals surface area contributed by atoms with Crippen LogP contribution in [0.4, 0.5) is 4.39 Å². The minimum absolute atomic E-state index is 0.384. The normalized spacial score (nSPS) is 10.8. The van der Waals surface area contributed by atoms with Crippen molar-refractivity contribution in [2.45, 2.75) is 0 Å². The molecule has 6 heteroatoms. The Balaban J connectivity index is 2.19. The highest BCUT2D eigenvalue weighted by Gasteiger charge is 2.15. The fourth-order valence-electron chi connectivity index (χ4n) is 2.16. The van der Waals surface area contributed by atoms with Crippen molar-refractivity contribution in [3.05, 3.63) is 47.8 Å². The number of carboxylic acids is 1. The van der Waals surface area contributed by atoms with Gasteiger partial charge in [-0.3, -0.25) is 0 Å². The fourth-order valence-corrected chi connectivity index (χ4v) is 2.16. The van der Waals surface area contributed by atoms with Crippen LogP contribution in [0.5, 0.6) is 5.75 Å². The first-order valence-corrected chi connectivity index (χ1v) is 6.16. The number of rotatable bonds is 3. The summed E-state index contributed by atoms with van der Waals surface area (Å²) in [5.41, 5.74) is 1.13. The Morgan fingerprint density at radius 1 is 1.33 bits per heavy atom. The van der Waals surface area contributed by atoms with Crippen LogP contribution in [-0.4, -0.2) is 28.2 Å². The third kappa shape index (κ3) is 2.20. The number of aromatic nitrogens is 2. The molecule has 3 aromatic rings. The number of carboxylic acid groups (broad SMARTS) is 1. The van der Waals surface area contributed by atoms with E-state index < -0.39 is 17.3 Å². The zero-order valence-corrected chi connectivity index (χ0v) is 11.1. The van der Waals surface area contributed by atoms with Crippen molar-refractivity contribution >= 4 is 17.0 Å². The molecule has 0 atom stereocenters. The number of aromatic carboxylic acids is 1. The van der Waals surface area contributed by atoms with Crippen molar-refractivity contribution < 1.29 is 19.0 Å². The molecule has 21 heavy (non-hydrogen) atoms. The second-order valence-corrected chi connectivity index (χ2v) is 4.44. The van der Waals surface area contributed by atoms with Gasteiger partial charge < -0.3 is 14.8 Å². The maximum atomic E-state index is 13.7. The second-order valence-electron chi connectivity index (χ2n) is 4.44. The number of para-hydroxylation sites is 1. The average Bonchev–Trinajstić information content (AvgIpc) is 2.88. The van der Waals surface area contributed by atoms with Crippen LogP contribution in [0.25, 0.3) is 22.4 Å². The summed E-state index contributed by atoms with van der Waals surface area (Å²) in [5.74, 6) is -1.01. The molecule has 0 saturated carbocycles. The Labute approximate surface area is 119 Å². The van der Waals surface area contributed by atoms with Gasteiger partial charge in [0, 0.05) is 6.07 Å². The number of hydrogen-bond donors (Lipinski definition) is 2. The summed E-state index contributed by atoms with van der Waals surface area (Å²) in [6.07, 6.45) is 0. The molecule has 0 unspecified atom stereocenters. The van der Waals surface area contributed by atoms with Crippen molar-refractivity contribution in [3.8, 4) is 17.1 Å². The first-order chi connectivity index (χ1) is 10.1. The number of carbonyl (C=O) groups is 1. The van der Waals surface area contributed by atoms with Gasteiger partial charge in [-0.05, 0) is 18.2 Å². The lowest BCUT2D eigenvalue weighted by molar-refractivity contribution is 0.0692. The molecule has 0 saturated heterocycles. The summed E-state index contributed by atoms with van der Waals surface area (Å²) >= 11 is 0. The molecule has 106 valence electrons. The highest BCUT2D eigenvalue weighted by molar-refractivity contribution is 5.93. The van der Waals surface area contributed by atoms with E-state index >= 15 is 0 Å². The van der Waals surface area contributed by atoms with Crippen LogP contribution in [0.15, 0.2) is 36.4 Å². The zero-order valence-electron chi connectivity index (χ0n) is 11.1. The van der Waals surface area contributed by atoms with Gasteiger partial charge in [-0.25, -0.2) is 14.2 Å². The van der Waals surface area contributed by atoms with Gasteiger partial charge in [-0.1, -0.05) is 12.1 Å². The van der Waals surface area contributed by atoms with Gasteiger partial charge in [0.25, 0.3) is 0 Å². The molecule has 0 radical (unpaired) electrons. The van der Waals surface area contributed by atoms with Crippen LogP contribution >= 0.6 is 0 Å². The SMILES string of the molecule is COc1ccccc1-c1nc2cc(C(=O)O)c(F)cc2[nH]1. The molecular weight excluding hydrogens is 275 g/mol. The Kier molecular flexibility index (Phi) is 3.06. The van der Waals surface area contributed by atoms with E-state index in [2.05, 4.69) is 9.97 Å². The summed E-state index contributed by atoms with van der Waals surface area (Å²) in [7, 11) is 1.55. The molecule has 5 nitrogen and oxygen atoms in total. The van der Waals surface area contributed by atoms with Crippen LogP contribution in [0.3, 0.4) is 0 Å². The Morgan fingerprint density at radius 2 is 2.10 bits per heavy atom. The highest BCUT2D eigenvalue weighted by atomic mass is 19.1. The average molecular weight is 286 g/mol. The first-order valence-electron chi connectivity index (χ1n) is 6.16. The predicted octanol–water partition coefficient (Wildman–Crippen LogP) is 3.08. The number of benzene rings is 2. The number of ether oxygens (including phenoxy) is 1. The fraction of sp³-hybridized carbons (Fsp3) is 0.0667. The molecule has 0 fully saturated rings. The lowest BCUT2D eigenvalue weighted by Gasteiger charge is -2.04. The standard InChI is InChI=1S/C15H11FN2O3/c1-21-13-5-3-2-4-8(13)14-17-11-6-9(15(19)20)10(16)7-12(11)18-14/h2-7H,1H3,(H,17,18)(H,19,20). The number of halogens is 1. The quantitative estimate of drug-likeness (QED) is 0.776. The minimum atomic E-state index is -1.32. The predicted molar refractivity (Wildman–Crippen MR) is 75.0 cm³/mol. The van der Waals surface area contributed by atoms with E-state index in [1.807, 2.05) is 18.2 Å². The van der Waals surface area contributed by atoms with Crippen molar-refractivity contribution in [2.24, 2.45) is 0 Å². The van der Waals surface area contributed by atoms with E-state index in [4.69, 9.17) is 9.84 Å². The monoisotopic (exact) mass is 286 g/mol.